The van der Waals surface area contributed by atoms with Gasteiger partial charge in [0.15, 0.2) is 0 Å². The Morgan fingerprint density at radius 2 is 2.24 bits per heavy atom. The van der Waals surface area contributed by atoms with Crippen molar-refractivity contribution >= 4 is 5.69 Å². The van der Waals surface area contributed by atoms with E-state index in [1.807, 2.05) is 24.1 Å². The quantitative estimate of drug-likeness (QED) is 0.811. The number of ether oxygens (including phenoxy) is 1. The number of methoxy groups -OCH3 is 1. The van der Waals surface area contributed by atoms with Crippen molar-refractivity contribution in [3.8, 4) is 5.88 Å². The van der Waals surface area contributed by atoms with Crippen molar-refractivity contribution in [2.75, 3.05) is 32.1 Å². The maximum Gasteiger partial charge on any atom is 0.269 e. The molecule has 0 saturated carbocycles. The van der Waals surface area contributed by atoms with Crippen LogP contribution in [0.25, 0.3) is 0 Å². The maximum atomic E-state index is 12.1. The fraction of sp³-hybridized carbons (Fsp3) is 0.357. The number of pyridine rings is 1. The van der Waals surface area contributed by atoms with E-state index in [0.29, 0.717) is 31.2 Å². The van der Waals surface area contributed by atoms with Crippen molar-refractivity contribution in [3.63, 3.8) is 0 Å². The van der Waals surface area contributed by atoms with Gasteiger partial charge in [0.25, 0.3) is 5.56 Å². The van der Waals surface area contributed by atoms with Gasteiger partial charge >= 0.3 is 0 Å². The molecule has 2 N–H and O–H groups in total. The predicted molar refractivity (Wildman–Crippen MR) is 80.7 cm³/mol. The SMILES string of the molecule is COc1cccc(Cn2ncc(N(C)CCN)cc2=O)n1. The fourth-order valence-corrected chi connectivity index (χ4v) is 1.89. The molecule has 0 unspecified atom stereocenters. The molecule has 2 rings (SSSR count). The highest BCUT2D eigenvalue weighted by atomic mass is 16.5. The molecule has 0 aliphatic heterocycles. The molecule has 0 spiro atoms. The van der Waals surface area contributed by atoms with Crippen LogP contribution in [0, 0.1) is 0 Å². The van der Waals surface area contributed by atoms with Crippen LogP contribution in [-0.4, -0.2) is 42.0 Å². The lowest BCUT2D eigenvalue weighted by molar-refractivity contribution is 0.395. The second kappa shape index (κ2) is 6.85. The third-order valence-corrected chi connectivity index (χ3v) is 3.06. The van der Waals surface area contributed by atoms with Crippen LogP contribution in [0.5, 0.6) is 5.88 Å². The van der Waals surface area contributed by atoms with Gasteiger partial charge in [0, 0.05) is 32.3 Å². The van der Waals surface area contributed by atoms with Crippen LogP contribution in [-0.2, 0) is 6.54 Å². The summed E-state index contributed by atoms with van der Waals surface area (Å²) in [6.07, 6.45) is 1.65. The molecular weight excluding hydrogens is 270 g/mol. The van der Waals surface area contributed by atoms with Gasteiger partial charge in [-0.2, -0.15) is 5.10 Å². The molecule has 7 nitrogen and oxygen atoms in total. The van der Waals surface area contributed by atoms with Crippen LogP contribution in [0.1, 0.15) is 5.69 Å². The molecule has 0 radical (unpaired) electrons. The lowest BCUT2D eigenvalue weighted by Gasteiger charge is -2.17. The van der Waals surface area contributed by atoms with E-state index in [4.69, 9.17) is 10.5 Å². The standard InChI is InChI=1S/C14H19N5O2/c1-18(7-6-15)12-8-14(20)19(16-9-12)10-11-4-3-5-13(17-11)21-2/h3-5,8-9H,6-7,10,15H2,1-2H3. The van der Waals surface area contributed by atoms with Gasteiger partial charge in [-0.1, -0.05) is 6.07 Å². The van der Waals surface area contributed by atoms with Crippen molar-refractivity contribution < 1.29 is 4.74 Å². The van der Waals surface area contributed by atoms with E-state index < -0.39 is 0 Å². The van der Waals surface area contributed by atoms with Crippen molar-refractivity contribution in [3.05, 3.63) is 46.5 Å². The topological polar surface area (TPSA) is 86.3 Å². The number of hydrogen-bond acceptors (Lipinski definition) is 6. The molecule has 21 heavy (non-hydrogen) atoms. The number of likely N-dealkylation sites (N-methyl/N-ethyl adjacent to an activating group) is 1. The van der Waals surface area contributed by atoms with E-state index in [0.717, 1.165) is 5.69 Å². The second-order valence-electron chi connectivity index (χ2n) is 4.59. The molecule has 2 aromatic rings. The van der Waals surface area contributed by atoms with E-state index in [-0.39, 0.29) is 5.56 Å². The molecule has 0 aromatic carbocycles. The first kappa shape index (κ1) is 15.0. The molecule has 112 valence electrons. The van der Waals surface area contributed by atoms with Gasteiger partial charge in [-0.15, -0.1) is 0 Å². The van der Waals surface area contributed by atoms with E-state index in [1.165, 1.54) is 4.68 Å². The summed E-state index contributed by atoms with van der Waals surface area (Å²) in [5.41, 5.74) is 6.78. The van der Waals surface area contributed by atoms with Gasteiger partial charge in [0.1, 0.15) is 0 Å². The summed E-state index contributed by atoms with van der Waals surface area (Å²) in [7, 11) is 3.43. The number of nitrogens with two attached hydrogens (primary N) is 1. The normalized spacial score (nSPS) is 10.4. The zero-order chi connectivity index (χ0) is 15.2. The molecule has 2 heterocycles. The van der Waals surface area contributed by atoms with Crippen molar-refractivity contribution in [1.29, 1.82) is 0 Å². The molecular formula is C14H19N5O2. The first-order chi connectivity index (χ1) is 10.1. The minimum Gasteiger partial charge on any atom is -0.481 e. The highest BCUT2D eigenvalue weighted by Crippen LogP contribution is 2.08. The zero-order valence-electron chi connectivity index (χ0n) is 12.2. The van der Waals surface area contributed by atoms with Crippen LogP contribution in [0.2, 0.25) is 0 Å². The van der Waals surface area contributed by atoms with Crippen LogP contribution >= 0.6 is 0 Å². The van der Waals surface area contributed by atoms with Crippen LogP contribution < -0.4 is 20.9 Å². The molecule has 0 amide bonds. The van der Waals surface area contributed by atoms with E-state index in [9.17, 15) is 4.79 Å². The van der Waals surface area contributed by atoms with Crippen molar-refractivity contribution in [2.24, 2.45) is 5.73 Å². The Balaban J connectivity index is 2.19. The summed E-state index contributed by atoms with van der Waals surface area (Å²) in [5.74, 6) is 0.514. The number of hydrogen-bond donors (Lipinski definition) is 1. The van der Waals surface area contributed by atoms with Crippen LogP contribution in [0.15, 0.2) is 35.3 Å². The van der Waals surface area contributed by atoms with Gasteiger partial charge in [-0.05, 0) is 6.07 Å². The average molecular weight is 289 g/mol. The Labute approximate surface area is 123 Å². The Morgan fingerprint density at radius 1 is 1.43 bits per heavy atom. The molecule has 7 heteroatoms. The predicted octanol–water partition coefficient (Wildman–Crippen LogP) is 0.0901. The fourth-order valence-electron chi connectivity index (χ4n) is 1.89. The molecule has 2 aromatic heterocycles. The molecule has 0 fully saturated rings. The van der Waals surface area contributed by atoms with E-state index in [2.05, 4.69) is 10.1 Å². The smallest absolute Gasteiger partial charge is 0.269 e. The Bertz CT molecular complexity index is 656. The Hall–Kier alpha value is -2.41. The molecule has 0 bridgehead atoms. The summed E-state index contributed by atoms with van der Waals surface area (Å²) < 4.78 is 6.43. The van der Waals surface area contributed by atoms with Crippen molar-refractivity contribution in [2.45, 2.75) is 6.54 Å². The summed E-state index contributed by atoms with van der Waals surface area (Å²) in [4.78, 5) is 18.2. The highest BCUT2D eigenvalue weighted by molar-refractivity contribution is 5.41. The lowest BCUT2D eigenvalue weighted by Crippen LogP contribution is -2.29. The number of aromatic nitrogens is 3. The van der Waals surface area contributed by atoms with Crippen LogP contribution in [0.4, 0.5) is 5.69 Å². The van der Waals surface area contributed by atoms with Crippen LogP contribution in [0.3, 0.4) is 0 Å². The third-order valence-electron chi connectivity index (χ3n) is 3.06. The molecule has 0 aliphatic carbocycles. The van der Waals surface area contributed by atoms with E-state index in [1.54, 1.807) is 25.4 Å². The highest BCUT2D eigenvalue weighted by Gasteiger charge is 2.06. The number of nitrogens with zero attached hydrogens (tertiary/aromatic N) is 4. The Kier molecular flexibility index (Phi) is 4.89. The van der Waals surface area contributed by atoms with Gasteiger partial charge in [-0.25, -0.2) is 9.67 Å². The number of anilines is 1. The van der Waals surface area contributed by atoms with E-state index >= 15 is 0 Å². The van der Waals surface area contributed by atoms with Gasteiger partial charge in [-0.3, -0.25) is 4.79 Å². The first-order valence-electron chi connectivity index (χ1n) is 6.62. The Morgan fingerprint density at radius 3 is 2.90 bits per heavy atom. The number of rotatable bonds is 6. The monoisotopic (exact) mass is 289 g/mol. The minimum atomic E-state index is -0.180. The van der Waals surface area contributed by atoms with Gasteiger partial charge in [0.2, 0.25) is 5.88 Å². The summed E-state index contributed by atoms with van der Waals surface area (Å²) in [6.45, 7) is 1.49. The average Bonchev–Trinajstić information content (AvgIpc) is 2.49. The maximum absolute atomic E-state index is 12.1. The second-order valence-corrected chi connectivity index (χ2v) is 4.59. The zero-order valence-corrected chi connectivity index (χ0v) is 12.2. The van der Waals surface area contributed by atoms with Crippen molar-refractivity contribution in [1.82, 2.24) is 14.8 Å². The lowest BCUT2D eigenvalue weighted by atomic mass is 10.3. The summed E-state index contributed by atoms with van der Waals surface area (Å²) in [5, 5.41) is 4.17. The largest absolute Gasteiger partial charge is 0.481 e. The molecule has 0 saturated heterocycles. The first-order valence-corrected chi connectivity index (χ1v) is 6.62. The van der Waals surface area contributed by atoms with Gasteiger partial charge < -0.3 is 15.4 Å². The molecule has 0 aliphatic rings. The minimum absolute atomic E-state index is 0.180. The molecule has 0 atom stereocenters. The van der Waals surface area contributed by atoms with Gasteiger partial charge in [0.05, 0.1) is 31.2 Å². The third kappa shape index (κ3) is 3.79. The summed E-state index contributed by atoms with van der Waals surface area (Å²) in [6, 6.07) is 6.95. The summed E-state index contributed by atoms with van der Waals surface area (Å²) >= 11 is 0.